The summed E-state index contributed by atoms with van der Waals surface area (Å²) in [6.45, 7) is 5.38. The van der Waals surface area contributed by atoms with Crippen molar-refractivity contribution in [1.29, 1.82) is 0 Å². The molecule has 5 nitrogen and oxygen atoms in total. The van der Waals surface area contributed by atoms with Gasteiger partial charge in [-0.25, -0.2) is 14.1 Å². The molecule has 1 heterocycles. The second-order valence-corrected chi connectivity index (χ2v) is 5.21. The number of anilines is 1. The Morgan fingerprint density at radius 3 is 2.63 bits per heavy atom. The SMILES string of the molecule is CC(C)(C)C(=O)Nc1ccc(-n2cncn2)c(F)c1. The summed E-state index contributed by atoms with van der Waals surface area (Å²) in [5.74, 6) is -0.641. The summed E-state index contributed by atoms with van der Waals surface area (Å²) in [5, 5.41) is 6.53. The van der Waals surface area contributed by atoms with E-state index in [1.807, 2.05) is 0 Å². The van der Waals surface area contributed by atoms with Gasteiger partial charge in [0.2, 0.25) is 5.91 Å². The predicted octanol–water partition coefficient (Wildman–Crippen LogP) is 2.39. The van der Waals surface area contributed by atoms with Crippen molar-refractivity contribution >= 4 is 11.6 Å². The lowest BCUT2D eigenvalue weighted by molar-refractivity contribution is -0.123. The van der Waals surface area contributed by atoms with Gasteiger partial charge in [-0.05, 0) is 18.2 Å². The highest BCUT2D eigenvalue weighted by Crippen LogP contribution is 2.20. The number of carbonyl (C=O) groups is 1. The van der Waals surface area contributed by atoms with Crippen LogP contribution in [0.3, 0.4) is 0 Å². The van der Waals surface area contributed by atoms with Crippen molar-refractivity contribution in [3.05, 3.63) is 36.7 Å². The molecule has 0 unspecified atom stereocenters. The van der Waals surface area contributed by atoms with Crippen molar-refractivity contribution in [2.24, 2.45) is 5.41 Å². The summed E-state index contributed by atoms with van der Waals surface area (Å²) in [6, 6.07) is 4.44. The number of amides is 1. The van der Waals surface area contributed by atoms with E-state index in [1.165, 1.54) is 23.4 Å². The number of carbonyl (C=O) groups excluding carboxylic acids is 1. The van der Waals surface area contributed by atoms with Crippen molar-refractivity contribution in [2.45, 2.75) is 20.8 Å². The Bertz CT molecular complexity index is 587. The fourth-order valence-corrected chi connectivity index (χ4v) is 1.42. The van der Waals surface area contributed by atoms with Crippen molar-refractivity contribution in [3.8, 4) is 5.69 Å². The maximum atomic E-state index is 13.9. The number of hydrogen-bond acceptors (Lipinski definition) is 3. The molecule has 0 radical (unpaired) electrons. The van der Waals surface area contributed by atoms with Gasteiger partial charge in [0.25, 0.3) is 0 Å². The van der Waals surface area contributed by atoms with Crippen LogP contribution in [0.25, 0.3) is 5.69 Å². The lowest BCUT2D eigenvalue weighted by atomic mass is 9.95. The molecule has 0 atom stereocenters. The molecule has 0 saturated heterocycles. The van der Waals surface area contributed by atoms with Crippen molar-refractivity contribution < 1.29 is 9.18 Å². The normalized spacial score (nSPS) is 11.4. The van der Waals surface area contributed by atoms with Gasteiger partial charge in [0.1, 0.15) is 18.3 Å². The van der Waals surface area contributed by atoms with Gasteiger partial charge in [-0.3, -0.25) is 4.79 Å². The molecular formula is C13H15FN4O. The number of halogens is 1. The van der Waals surface area contributed by atoms with Gasteiger partial charge in [0.15, 0.2) is 5.82 Å². The Morgan fingerprint density at radius 2 is 2.11 bits per heavy atom. The first-order chi connectivity index (χ1) is 8.88. The molecule has 0 saturated carbocycles. The van der Waals surface area contributed by atoms with E-state index < -0.39 is 11.2 Å². The molecular weight excluding hydrogens is 247 g/mol. The minimum Gasteiger partial charge on any atom is -0.326 e. The molecule has 1 aromatic carbocycles. The van der Waals surface area contributed by atoms with Crippen LogP contribution in [0, 0.1) is 11.2 Å². The maximum absolute atomic E-state index is 13.9. The van der Waals surface area contributed by atoms with Crippen LogP contribution in [-0.4, -0.2) is 20.7 Å². The average molecular weight is 262 g/mol. The second kappa shape index (κ2) is 4.79. The first-order valence-electron chi connectivity index (χ1n) is 5.84. The molecule has 2 aromatic rings. The number of benzene rings is 1. The van der Waals surface area contributed by atoms with E-state index in [4.69, 9.17) is 0 Å². The van der Waals surface area contributed by atoms with E-state index in [0.29, 0.717) is 5.69 Å². The number of aromatic nitrogens is 3. The minimum absolute atomic E-state index is 0.166. The maximum Gasteiger partial charge on any atom is 0.229 e. The summed E-state index contributed by atoms with van der Waals surface area (Å²) < 4.78 is 15.2. The highest BCUT2D eigenvalue weighted by Gasteiger charge is 2.21. The Balaban J connectivity index is 2.23. The molecule has 6 heteroatoms. The number of nitrogens with one attached hydrogen (secondary N) is 1. The van der Waals surface area contributed by atoms with Gasteiger partial charge >= 0.3 is 0 Å². The standard InChI is InChI=1S/C13H15FN4O/c1-13(2,3)12(19)17-9-4-5-11(10(14)6-9)18-8-15-7-16-18/h4-8H,1-3H3,(H,17,19). The first-order valence-corrected chi connectivity index (χ1v) is 5.84. The molecule has 1 amide bonds. The number of nitrogens with zero attached hydrogens (tertiary/aromatic N) is 3. The third kappa shape index (κ3) is 2.96. The van der Waals surface area contributed by atoms with Crippen LogP contribution in [0.4, 0.5) is 10.1 Å². The van der Waals surface area contributed by atoms with Crippen LogP contribution >= 0.6 is 0 Å². The van der Waals surface area contributed by atoms with E-state index in [9.17, 15) is 9.18 Å². The van der Waals surface area contributed by atoms with E-state index in [0.717, 1.165) is 0 Å². The zero-order valence-corrected chi connectivity index (χ0v) is 11.0. The highest BCUT2D eigenvalue weighted by atomic mass is 19.1. The fourth-order valence-electron chi connectivity index (χ4n) is 1.42. The number of hydrogen-bond donors (Lipinski definition) is 1. The van der Waals surface area contributed by atoms with E-state index >= 15 is 0 Å². The molecule has 0 bridgehead atoms. The lowest BCUT2D eigenvalue weighted by Gasteiger charge is -2.17. The zero-order valence-electron chi connectivity index (χ0n) is 11.0. The summed E-state index contributed by atoms with van der Waals surface area (Å²) in [6.07, 6.45) is 2.74. The topological polar surface area (TPSA) is 59.8 Å². The van der Waals surface area contributed by atoms with E-state index in [-0.39, 0.29) is 11.6 Å². The van der Waals surface area contributed by atoms with Gasteiger partial charge < -0.3 is 5.32 Å². The molecule has 0 aliphatic rings. The fraction of sp³-hybridized carbons (Fsp3) is 0.308. The Kier molecular flexibility index (Phi) is 3.33. The molecule has 1 aromatic heterocycles. The molecule has 2 rings (SSSR count). The van der Waals surface area contributed by atoms with Crippen molar-refractivity contribution in [1.82, 2.24) is 14.8 Å². The van der Waals surface area contributed by atoms with Gasteiger partial charge in [-0.1, -0.05) is 20.8 Å². The van der Waals surface area contributed by atoms with Gasteiger partial charge in [-0.15, -0.1) is 0 Å². The van der Waals surface area contributed by atoms with Gasteiger partial charge in [0.05, 0.1) is 0 Å². The molecule has 19 heavy (non-hydrogen) atoms. The monoisotopic (exact) mass is 262 g/mol. The largest absolute Gasteiger partial charge is 0.326 e. The van der Waals surface area contributed by atoms with Crippen LogP contribution in [0.1, 0.15) is 20.8 Å². The summed E-state index contributed by atoms with van der Waals surface area (Å²) in [7, 11) is 0. The predicted molar refractivity (Wildman–Crippen MR) is 69.4 cm³/mol. The van der Waals surface area contributed by atoms with E-state index in [1.54, 1.807) is 32.9 Å². The zero-order chi connectivity index (χ0) is 14.0. The van der Waals surface area contributed by atoms with Crippen LogP contribution < -0.4 is 5.32 Å². The average Bonchev–Trinajstić information content (AvgIpc) is 2.81. The van der Waals surface area contributed by atoms with Crippen LogP contribution in [0.5, 0.6) is 0 Å². The summed E-state index contributed by atoms with van der Waals surface area (Å²) in [4.78, 5) is 15.6. The molecule has 1 N–H and O–H groups in total. The Morgan fingerprint density at radius 1 is 1.37 bits per heavy atom. The third-order valence-corrected chi connectivity index (χ3v) is 2.55. The second-order valence-electron chi connectivity index (χ2n) is 5.21. The van der Waals surface area contributed by atoms with Gasteiger partial charge in [-0.2, -0.15) is 5.10 Å². The smallest absolute Gasteiger partial charge is 0.229 e. The quantitative estimate of drug-likeness (QED) is 0.904. The third-order valence-electron chi connectivity index (χ3n) is 2.55. The van der Waals surface area contributed by atoms with Crippen molar-refractivity contribution in [3.63, 3.8) is 0 Å². The van der Waals surface area contributed by atoms with Crippen molar-refractivity contribution in [2.75, 3.05) is 5.32 Å². The lowest BCUT2D eigenvalue weighted by Crippen LogP contribution is -2.27. The molecule has 0 aliphatic carbocycles. The minimum atomic E-state index is -0.527. The Labute approximate surface area is 110 Å². The molecule has 0 spiro atoms. The summed E-state index contributed by atoms with van der Waals surface area (Å²) >= 11 is 0. The van der Waals surface area contributed by atoms with E-state index in [2.05, 4.69) is 15.4 Å². The van der Waals surface area contributed by atoms with Crippen LogP contribution in [0.15, 0.2) is 30.9 Å². The summed E-state index contributed by atoms with van der Waals surface area (Å²) in [5.41, 5.74) is 0.175. The Hall–Kier alpha value is -2.24. The molecule has 0 fully saturated rings. The van der Waals surface area contributed by atoms with Crippen LogP contribution in [-0.2, 0) is 4.79 Å². The highest BCUT2D eigenvalue weighted by molar-refractivity contribution is 5.94. The first kappa shape index (κ1) is 13.2. The molecule has 0 aliphatic heterocycles. The molecule has 100 valence electrons. The van der Waals surface area contributed by atoms with Crippen LogP contribution in [0.2, 0.25) is 0 Å². The van der Waals surface area contributed by atoms with Gasteiger partial charge in [0, 0.05) is 11.1 Å². The number of rotatable bonds is 2.